The molecule has 5 nitrogen and oxygen atoms in total. The highest BCUT2D eigenvalue weighted by Crippen LogP contribution is 2.16. The second-order valence-electron chi connectivity index (χ2n) is 5.96. The highest BCUT2D eigenvalue weighted by molar-refractivity contribution is 5.69. The highest BCUT2D eigenvalue weighted by atomic mass is 16.6. The number of likely N-dealkylation sites (tertiary alicyclic amines) is 1. The fourth-order valence-electron chi connectivity index (χ4n) is 1.59. The predicted molar refractivity (Wildman–Crippen MR) is 64.4 cm³/mol. The highest BCUT2D eigenvalue weighted by Gasteiger charge is 2.36. The Labute approximate surface area is 103 Å². The summed E-state index contributed by atoms with van der Waals surface area (Å²) in [5.41, 5.74) is -1.01. The zero-order valence-corrected chi connectivity index (χ0v) is 11.2. The molecule has 0 aromatic rings. The molecule has 0 aromatic heterocycles. The minimum atomic E-state index is -0.551. The van der Waals surface area contributed by atoms with Gasteiger partial charge in [-0.2, -0.15) is 5.26 Å². The van der Waals surface area contributed by atoms with E-state index in [9.17, 15) is 4.79 Å². The van der Waals surface area contributed by atoms with Crippen LogP contribution < -0.4 is 5.32 Å². The number of ether oxygens (including phenoxy) is 1. The first-order chi connectivity index (χ1) is 7.63. The van der Waals surface area contributed by atoms with E-state index >= 15 is 0 Å². The van der Waals surface area contributed by atoms with Gasteiger partial charge in [0.05, 0.1) is 6.07 Å². The molecule has 5 heteroatoms. The Morgan fingerprint density at radius 3 is 2.29 bits per heavy atom. The number of hydrogen-bond acceptors (Lipinski definition) is 4. The van der Waals surface area contributed by atoms with Crippen LogP contribution in [0.4, 0.5) is 4.79 Å². The van der Waals surface area contributed by atoms with Gasteiger partial charge in [-0.25, -0.2) is 4.79 Å². The van der Waals surface area contributed by atoms with Gasteiger partial charge >= 0.3 is 6.09 Å². The maximum Gasteiger partial charge on any atom is 0.410 e. The lowest BCUT2D eigenvalue weighted by molar-refractivity contribution is 0.00351. The summed E-state index contributed by atoms with van der Waals surface area (Å²) >= 11 is 0. The molecule has 0 saturated carbocycles. The number of nitrogens with zero attached hydrogens (tertiary/aromatic N) is 2. The van der Waals surface area contributed by atoms with Crippen molar-refractivity contribution in [3.05, 3.63) is 0 Å². The first kappa shape index (κ1) is 13.8. The van der Waals surface area contributed by atoms with Crippen LogP contribution in [0.25, 0.3) is 0 Å². The second kappa shape index (κ2) is 4.53. The number of rotatable bonds is 2. The van der Waals surface area contributed by atoms with Gasteiger partial charge in [0.25, 0.3) is 0 Å². The van der Waals surface area contributed by atoms with Gasteiger partial charge in [0.2, 0.25) is 0 Å². The van der Waals surface area contributed by atoms with E-state index in [0.29, 0.717) is 13.1 Å². The van der Waals surface area contributed by atoms with E-state index in [1.165, 1.54) is 0 Å². The van der Waals surface area contributed by atoms with E-state index in [0.717, 1.165) is 0 Å². The monoisotopic (exact) mass is 239 g/mol. The summed E-state index contributed by atoms with van der Waals surface area (Å²) in [5.74, 6) is 0. The summed E-state index contributed by atoms with van der Waals surface area (Å²) < 4.78 is 5.24. The number of nitrogens with one attached hydrogen (secondary N) is 1. The summed E-state index contributed by atoms with van der Waals surface area (Å²) in [6, 6.07) is 2.35. The Morgan fingerprint density at radius 2 is 1.88 bits per heavy atom. The molecule has 1 saturated heterocycles. The molecule has 17 heavy (non-hydrogen) atoms. The van der Waals surface area contributed by atoms with Gasteiger partial charge in [0, 0.05) is 19.1 Å². The Balaban J connectivity index is 2.33. The Morgan fingerprint density at radius 1 is 1.35 bits per heavy atom. The lowest BCUT2D eigenvalue weighted by Crippen LogP contribution is -2.64. The van der Waals surface area contributed by atoms with E-state index < -0.39 is 11.1 Å². The standard InChI is InChI=1S/C12H21N3O2/c1-11(2,3)17-10(16)15-6-9(7-15)14-12(4,5)8-13/h9,14H,6-7H2,1-5H3. The zero-order chi connectivity index (χ0) is 13.3. The van der Waals surface area contributed by atoms with Gasteiger partial charge in [-0.15, -0.1) is 0 Å². The number of carbonyl (C=O) groups excluding carboxylic acids is 1. The van der Waals surface area contributed by atoms with Crippen molar-refractivity contribution in [2.45, 2.75) is 51.8 Å². The Bertz CT molecular complexity index is 333. The van der Waals surface area contributed by atoms with Gasteiger partial charge < -0.3 is 9.64 Å². The Kier molecular flexibility index (Phi) is 3.68. The van der Waals surface area contributed by atoms with Crippen molar-refractivity contribution in [2.24, 2.45) is 0 Å². The van der Waals surface area contributed by atoms with Gasteiger partial charge in [-0.3, -0.25) is 5.32 Å². The molecule has 0 unspecified atom stereocenters. The molecule has 1 aliphatic heterocycles. The Hall–Kier alpha value is -1.28. The van der Waals surface area contributed by atoms with Gasteiger partial charge in [0.15, 0.2) is 0 Å². The summed E-state index contributed by atoms with van der Waals surface area (Å²) in [4.78, 5) is 13.3. The summed E-state index contributed by atoms with van der Waals surface area (Å²) in [6.45, 7) is 10.4. The third-order valence-electron chi connectivity index (χ3n) is 2.38. The van der Waals surface area contributed by atoms with Gasteiger partial charge in [-0.05, 0) is 34.6 Å². The lowest BCUT2D eigenvalue weighted by Gasteiger charge is -2.42. The van der Waals surface area contributed by atoms with Crippen molar-refractivity contribution in [1.82, 2.24) is 10.2 Å². The number of nitriles is 1. The van der Waals surface area contributed by atoms with E-state index in [1.54, 1.807) is 4.90 Å². The second-order valence-corrected chi connectivity index (χ2v) is 5.96. The van der Waals surface area contributed by atoms with E-state index in [1.807, 2.05) is 34.6 Å². The van der Waals surface area contributed by atoms with Crippen molar-refractivity contribution in [2.75, 3.05) is 13.1 Å². The van der Waals surface area contributed by atoms with Crippen LogP contribution in [0.3, 0.4) is 0 Å². The van der Waals surface area contributed by atoms with Crippen LogP contribution >= 0.6 is 0 Å². The quantitative estimate of drug-likeness (QED) is 0.793. The van der Waals surface area contributed by atoms with Crippen molar-refractivity contribution >= 4 is 6.09 Å². The molecule has 0 aliphatic carbocycles. The fourth-order valence-corrected chi connectivity index (χ4v) is 1.59. The van der Waals surface area contributed by atoms with Crippen LogP contribution in [0.1, 0.15) is 34.6 Å². The van der Waals surface area contributed by atoms with E-state index in [4.69, 9.17) is 10.00 Å². The van der Waals surface area contributed by atoms with Crippen LogP contribution in [0.15, 0.2) is 0 Å². The molecule has 1 amide bonds. The summed E-state index contributed by atoms with van der Waals surface area (Å²) in [6.07, 6.45) is -0.287. The lowest BCUT2D eigenvalue weighted by atomic mass is 10.0. The van der Waals surface area contributed by atoms with E-state index in [2.05, 4.69) is 11.4 Å². The zero-order valence-electron chi connectivity index (χ0n) is 11.2. The third-order valence-corrected chi connectivity index (χ3v) is 2.38. The fraction of sp³-hybridized carbons (Fsp3) is 0.833. The maximum atomic E-state index is 11.6. The first-order valence-electron chi connectivity index (χ1n) is 5.80. The average Bonchev–Trinajstić information content (AvgIpc) is 2.07. The average molecular weight is 239 g/mol. The normalized spacial score (nSPS) is 17.3. The molecule has 0 bridgehead atoms. The molecule has 1 heterocycles. The van der Waals surface area contributed by atoms with Crippen LogP contribution in [0.5, 0.6) is 0 Å². The third kappa shape index (κ3) is 4.23. The molecule has 0 spiro atoms. The smallest absolute Gasteiger partial charge is 0.410 e. The van der Waals surface area contributed by atoms with Crippen molar-refractivity contribution in [1.29, 1.82) is 5.26 Å². The largest absolute Gasteiger partial charge is 0.444 e. The molecule has 0 atom stereocenters. The van der Waals surface area contributed by atoms with Crippen LogP contribution in [0.2, 0.25) is 0 Å². The molecule has 0 aromatic carbocycles. The van der Waals surface area contributed by atoms with Crippen molar-refractivity contribution < 1.29 is 9.53 Å². The van der Waals surface area contributed by atoms with Gasteiger partial charge in [-0.1, -0.05) is 0 Å². The van der Waals surface area contributed by atoms with Crippen molar-refractivity contribution in [3.63, 3.8) is 0 Å². The van der Waals surface area contributed by atoms with Crippen LogP contribution in [0, 0.1) is 11.3 Å². The summed E-state index contributed by atoms with van der Waals surface area (Å²) in [7, 11) is 0. The molecule has 96 valence electrons. The van der Waals surface area contributed by atoms with Gasteiger partial charge in [0.1, 0.15) is 11.1 Å². The minimum Gasteiger partial charge on any atom is -0.444 e. The number of hydrogen-bond donors (Lipinski definition) is 1. The molecule has 1 rings (SSSR count). The van der Waals surface area contributed by atoms with Crippen molar-refractivity contribution in [3.8, 4) is 6.07 Å². The van der Waals surface area contributed by atoms with E-state index in [-0.39, 0.29) is 12.1 Å². The minimum absolute atomic E-state index is 0.178. The molecule has 1 fully saturated rings. The molecule has 1 N–H and O–H groups in total. The maximum absolute atomic E-state index is 11.6. The SMILES string of the molecule is CC(C)(C#N)NC1CN(C(=O)OC(C)(C)C)C1. The van der Waals surface area contributed by atoms with Crippen LogP contribution in [-0.2, 0) is 4.74 Å². The first-order valence-corrected chi connectivity index (χ1v) is 5.80. The topological polar surface area (TPSA) is 65.4 Å². The predicted octanol–water partition coefficient (Wildman–Crippen LogP) is 1.50. The number of amides is 1. The summed E-state index contributed by atoms with van der Waals surface area (Å²) in [5, 5.41) is 12.1. The number of carbonyl (C=O) groups is 1. The van der Waals surface area contributed by atoms with Crippen LogP contribution in [-0.4, -0.2) is 41.3 Å². The molecule has 1 aliphatic rings. The molecular weight excluding hydrogens is 218 g/mol. The molecular formula is C12H21N3O2. The molecule has 0 radical (unpaired) electrons.